The number of hydrogen-bond acceptors (Lipinski definition) is 6. The van der Waals surface area contributed by atoms with E-state index in [1.807, 2.05) is 0 Å². The van der Waals surface area contributed by atoms with Gasteiger partial charge in [0.05, 0.1) is 32.5 Å². The summed E-state index contributed by atoms with van der Waals surface area (Å²) in [7, 11) is 1.70. The molecule has 158 valence electrons. The number of ketones is 1. The molecule has 0 atom stereocenters. The third-order valence-electron chi connectivity index (χ3n) is 4.37. The Balaban J connectivity index is 1.73. The van der Waals surface area contributed by atoms with Crippen molar-refractivity contribution in [2.24, 2.45) is 7.05 Å². The molecule has 0 aliphatic carbocycles. The molecule has 0 aliphatic heterocycles. The molecule has 31 heavy (non-hydrogen) atoms. The van der Waals surface area contributed by atoms with Crippen LogP contribution in [0.2, 0.25) is 5.02 Å². The second-order valence-electron chi connectivity index (χ2n) is 6.42. The van der Waals surface area contributed by atoms with Gasteiger partial charge in [0.1, 0.15) is 0 Å². The monoisotopic (exact) mass is 441 g/mol. The maximum atomic E-state index is 12.6. The summed E-state index contributed by atoms with van der Waals surface area (Å²) < 4.78 is 6.72. The average Bonchev–Trinajstić information content (AvgIpc) is 3.17. The van der Waals surface area contributed by atoms with Crippen LogP contribution in [0.5, 0.6) is 0 Å². The van der Waals surface area contributed by atoms with Gasteiger partial charge in [0, 0.05) is 25.4 Å². The van der Waals surface area contributed by atoms with Gasteiger partial charge in [0.15, 0.2) is 6.61 Å². The minimum Gasteiger partial charge on any atom is -0.454 e. The number of nitrogens with one attached hydrogen (secondary N) is 1. The highest BCUT2D eigenvalue weighted by molar-refractivity contribution is 6.34. The number of nitro benzene ring substituents is 1. The number of carbonyl (C=O) groups is 3. The van der Waals surface area contributed by atoms with Crippen molar-refractivity contribution in [2.75, 3.05) is 11.9 Å². The second kappa shape index (κ2) is 9.23. The standard InChI is InChI=1S/C21H16ClN3O6/c1-24-10-4-7-18(24)19(26)12-31-21(28)15-5-2-3-6-17(15)23-20(27)14-9-8-13(25(29)30)11-16(14)22/h2-11H,12H2,1H3,(H,23,27). The number of nitrogens with zero attached hydrogens (tertiary/aromatic N) is 2. The van der Waals surface area contributed by atoms with E-state index in [1.165, 1.54) is 18.2 Å². The minimum atomic E-state index is -0.798. The number of non-ortho nitro benzene ring substituents is 1. The van der Waals surface area contributed by atoms with E-state index in [4.69, 9.17) is 16.3 Å². The average molecular weight is 442 g/mol. The molecule has 0 bridgehead atoms. The van der Waals surface area contributed by atoms with Crippen LogP contribution in [0.1, 0.15) is 31.2 Å². The molecule has 0 aliphatic rings. The summed E-state index contributed by atoms with van der Waals surface area (Å²) in [6.07, 6.45) is 1.70. The first-order chi connectivity index (χ1) is 14.8. The van der Waals surface area contributed by atoms with Crippen molar-refractivity contribution >= 4 is 40.6 Å². The molecule has 0 radical (unpaired) electrons. The van der Waals surface area contributed by atoms with Gasteiger partial charge in [-0.2, -0.15) is 0 Å². The maximum absolute atomic E-state index is 12.6. The lowest BCUT2D eigenvalue weighted by Crippen LogP contribution is -2.19. The quantitative estimate of drug-likeness (QED) is 0.257. The zero-order valence-electron chi connectivity index (χ0n) is 16.2. The molecule has 9 nitrogen and oxygen atoms in total. The number of carbonyl (C=O) groups excluding carboxylic acids is 3. The Morgan fingerprint density at radius 3 is 2.48 bits per heavy atom. The largest absolute Gasteiger partial charge is 0.454 e. The highest BCUT2D eigenvalue weighted by atomic mass is 35.5. The van der Waals surface area contributed by atoms with Gasteiger partial charge in [-0.15, -0.1) is 0 Å². The van der Waals surface area contributed by atoms with Crippen LogP contribution >= 0.6 is 11.6 Å². The number of halogens is 1. The smallest absolute Gasteiger partial charge is 0.340 e. The molecule has 3 rings (SSSR count). The zero-order chi connectivity index (χ0) is 22.5. The molecule has 1 heterocycles. The highest BCUT2D eigenvalue weighted by Crippen LogP contribution is 2.24. The van der Waals surface area contributed by atoms with Crippen LogP contribution in [0.25, 0.3) is 0 Å². The summed E-state index contributed by atoms with van der Waals surface area (Å²) in [6, 6.07) is 12.8. The minimum absolute atomic E-state index is 0.00526. The molecule has 2 aromatic carbocycles. The van der Waals surface area contributed by atoms with E-state index in [0.717, 1.165) is 12.1 Å². The number of esters is 1. The molecular weight excluding hydrogens is 426 g/mol. The molecule has 0 saturated heterocycles. The Bertz CT molecular complexity index is 1190. The van der Waals surface area contributed by atoms with Crippen LogP contribution in [0, 0.1) is 10.1 Å². The maximum Gasteiger partial charge on any atom is 0.340 e. The number of aromatic nitrogens is 1. The normalized spacial score (nSPS) is 10.4. The Morgan fingerprint density at radius 2 is 1.84 bits per heavy atom. The van der Waals surface area contributed by atoms with Crippen LogP contribution in [-0.2, 0) is 11.8 Å². The van der Waals surface area contributed by atoms with Crippen LogP contribution < -0.4 is 5.32 Å². The molecular formula is C21H16ClN3O6. The van der Waals surface area contributed by atoms with Crippen molar-refractivity contribution in [3.63, 3.8) is 0 Å². The van der Waals surface area contributed by atoms with Crippen molar-refractivity contribution in [1.29, 1.82) is 0 Å². The molecule has 0 saturated carbocycles. The summed E-state index contributed by atoms with van der Waals surface area (Å²) in [5.41, 5.74) is 0.303. The van der Waals surface area contributed by atoms with Gasteiger partial charge >= 0.3 is 5.97 Å². The third kappa shape index (κ3) is 4.96. The molecule has 1 N–H and O–H groups in total. The fraction of sp³-hybridized carbons (Fsp3) is 0.0952. The highest BCUT2D eigenvalue weighted by Gasteiger charge is 2.20. The number of benzene rings is 2. The van der Waals surface area contributed by atoms with Crippen LogP contribution in [-0.4, -0.2) is 33.8 Å². The van der Waals surface area contributed by atoms with Crippen LogP contribution in [0.15, 0.2) is 60.8 Å². The number of hydrogen-bond donors (Lipinski definition) is 1. The Hall–Kier alpha value is -3.98. The first-order valence-electron chi connectivity index (χ1n) is 8.94. The summed E-state index contributed by atoms with van der Waals surface area (Å²) >= 11 is 5.99. The van der Waals surface area contributed by atoms with E-state index >= 15 is 0 Å². The number of anilines is 1. The first kappa shape index (κ1) is 21.7. The topological polar surface area (TPSA) is 121 Å². The van der Waals surface area contributed by atoms with Gasteiger partial charge in [-0.05, 0) is 30.3 Å². The Kier molecular flexibility index (Phi) is 6.46. The van der Waals surface area contributed by atoms with Crippen LogP contribution in [0.3, 0.4) is 0 Å². The third-order valence-corrected chi connectivity index (χ3v) is 4.68. The molecule has 0 unspecified atom stereocenters. The van der Waals surface area contributed by atoms with Gasteiger partial charge in [0.2, 0.25) is 5.78 Å². The molecule has 1 amide bonds. The van der Waals surface area contributed by atoms with Gasteiger partial charge in [-0.3, -0.25) is 19.7 Å². The number of amides is 1. The molecule has 1 aromatic heterocycles. The number of Topliss-reactive ketones (excluding diaryl/α,β-unsaturated/α-hetero) is 1. The van der Waals surface area contributed by atoms with Crippen molar-refractivity contribution in [3.05, 3.63) is 92.8 Å². The van der Waals surface area contributed by atoms with Gasteiger partial charge in [-0.25, -0.2) is 4.79 Å². The van der Waals surface area contributed by atoms with Gasteiger partial charge in [0.25, 0.3) is 11.6 Å². The number of aryl methyl sites for hydroxylation is 1. The number of para-hydroxylation sites is 1. The number of ether oxygens (including phenoxy) is 1. The lowest BCUT2D eigenvalue weighted by Gasteiger charge is -2.11. The summed E-state index contributed by atoms with van der Waals surface area (Å²) in [6.45, 7) is -0.465. The van der Waals surface area contributed by atoms with E-state index in [1.54, 1.807) is 42.1 Å². The lowest BCUT2D eigenvalue weighted by molar-refractivity contribution is -0.384. The number of rotatable bonds is 7. The summed E-state index contributed by atoms with van der Waals surface area (Å²) in [4.78, 5) is 47.5. The predicted molar refractivity (Wildman–Crippen MR) is 113 cm³/mol. The Morgan fingerprint density at radius 1 is 1.10 bits per heavy atom. The van der Waals surface area contributed by atoms with Gasteiger partial charge < -0.3 is 14.6 Å². The molecule has 0 spiro atoms. The van der Waals surface area contributed by atoms with Crippen molar-refractivity contribution in [2.45, 2.75) is 0 Å². The predicted octanol–water partition coefficient (Wildman–Crippen LogP) is 3.88. The summed E-state index contributed by atoms with van der Waals surface area (Å²) in [5.74, 6) is -1.84. The Labute approximate surface area is 181 Å². The van der Waals surface area contributed by atoms with Crippen molar-refractivity contribution < 1.29 is 24.0 Å². The summed E-state index contributed by atoms with van der Waals surface area (Å²) in [5, 5.41) is 13.2. The van der Waals surface area contributed by atoms with E-state index in [2.05, 4.69) is 5.32 Å². The fourth-order valence-corrected chi connectivity index (χ4v) is 3.06. The molecule has 3 aromatic rings. The molecule has 0 fully saturated rings. The van der Waals surface area contributed by atoms with E-state index < -0.39 is 23.4 Å². The van der Waals surface area contributed by atoms with Crippen molar-refractivity contribution in [1.82, 2.24) is 4.57 Å². The van der Waals surface area contributed by atoms with Crippen molar-refractivity contribution in [3.8, 4) is 0 Å². The first-order valence-corrected chi connectivity index (χ1v) is 9.31. The SMILES string of the molecule is Cn1cccc1C(=O)COC(=O)c1ccccc1NC(=O)c1ccc([N+](=O)[O-])cc1Cl. The van der Waals surface area contributed by atoms with E-state index in [-0.39, 0.29) is 33.3 Å². The number of nitro groups is 1. The van der Waals surface area contributed by atoms with Gasteiger partial charge in [-0.1, -0.05) is 23.7 Å². The van der Waals surface area contributed by atoms with E-state index in [0.29, 0.717) is 5.69 Å². The molecule has 10 heteroatoms. The van der Waals surface area contributed by atoms with Crippen LogP contribution in [0.4, 0.5) is 11.4 Å². The second-order valence-corrected chi connectivity index (χ2v) is 6.83. The lowest BCUT2D eigenvalue weighted by atomic mass is 10.1. The zero-order valence-corrected chi connectivity index (χ0v) is 17.0. The fourth-order valence-electron chi connectivity index (χ4n) is 2.80. The van der Waals surface area contributed by atoms with E-state index in [9.17, 15) is 24.5 Å².